The van der Waals surface area contributed by atoms with E-state index in [9.17, 15) is 4.79 Å². The van der Waals surface area contributed by atoms with E-state index < -0.39 is 0 Å². The summed E-state index contributed by atoms with van der Waals surface area (Å²) in [4.78, 5) is 14.3. The highest BCUT2D eigenvalue weighted by atomic mass is 35.5. The number of hydrogen-bond acceptors (Lipinski definition) is 4. The van der Waals surface area contributed by atoms with Gasteiger partial charge < -0.3 is 19.7 Å². The molecule has 0 aliphatic heterocycles. The Morgan fingerprint density at radius 3 is 2.61 bits per heavy atom. The normalized spacial score (nSPS) is 12.2. The van der Waals surface area contributed by atoms with Gasteiger partial charge in [-0.3, -0.25) is 4.79 Å². The van der Waals surface area contributed by atoms with Gasteiger partial charge in [0.15, 0.2) is 18.1 Å². The summed E-state index contributed by atoms with van der Waals surface area (Å²) in [5, 5.41) is 3.59. The molecule has 5 nitrogen and oxygen atoms in total. The molecule has 2 aromatic rings. The van der Waals surface area contributed by atoms with Gasteiger partial charge in [0.2, 0.25) is 0 Å². The van der Waals surface area contributed by atoms with E-state index >= 15 is 0 Å². The molecule has 0 spiro atoms. The van der Waals surface area contributed by atoms with Crippen LogP contribution in [0.2, 0.25) is 5.02 Å². The van der Waals surface area contributed by atoms with Crippen LogP contribution in [0.3, 0.4) is 0 Å². The van der Waals surface area contributed by atoms with E-state index in [4.69, 9.17) is 21.1 Å². The summed E-state index contributed by atoms with van der Waals surface area (Å²) in [6.07, 6.45) is 3.91. The topological polar surface area (TPSA) is 50.8 Å². The van der Waals surface area contributed by atoms with Crippen LogP contribution in [0, 0.1) is 0 Å². The van der Waals surface area contributed by atoms with Gasteiger partial charge in [-0.05, 0) is 50.3 Å². The number of amides is 1. The number of carbonyl (C=O) groups is 1. The highest BCUT2D eigenvalue weighted by Gasteiger charge is 2.18. The molecular formula is C22H27ClN2O3. The van der Waals surface area contributed by atoms with E-state index in [1.165, 1.54) is 0 Å². The van der Waals surface area contributed by atoms with Crippen molar-refractivity contribution >= 4 is 23.6 Å². The maximum absolute atomic E-state index is 12.3. The number of hydrogen-bond donors (Lipinski definition) is 1. The summed E-state index contributed by atoms with van der Waals surface area (Å²) in [6.45, 7) is 2.28. The molecule has 1 amide bonds. The lowest BCUT2D eigenvalue weighted by Crippen LogP contribution is -2.37. The molecule has 150 valence electrons. The molecular weight excluding hydrogens is 376 g/mol. The largest absolute Gasteiger partial charge is 0.493 e. The molecule has 0 aliphatic carbocycles. The second-order valence-electron chi connectivity index (χ2n) is 6.50. The highest BCUT2D eigenvalue weighted by molar-refractivity contribution is 6.31. The fourth-order valence-electron chi connectivity index (χ4n) is 2.82. The van der Waals surface area contributed by atoms with E-state index in [1.807, 2.05) is 74.5 Å². The van der Waals surface area contributed by atoms with Crippen LogP contribution >= 0.6 is 11.6 Å². The molecule has 0 heterocycles. The number of rotatable bonds is 9. The number of likely N-dealkylation sites (N-methyl/N-ethyl adjacent to an activating group) is 1. The molecule has 1 N–H and O–H groups in total. The van der Waals surface area contributed by atoms with Crippen LogP contribution in [0.4, 0.5) is 0 Å². The Morgan fingerprint density at radius 2 is 1.96 bits per heavy atom. The number of halogens is 1. The average molecular weight is 403 g/mol. The highest BCUT2D eigenvalue weighted by Crippen LogP contribution is 2.28. The van der Waals surface area contributed by atoms with Crippen LogP contribution in [0.15, 0.2) is 48.5 Å². The Bertz CT molecular complexity index is 821. The zero-order valence-corrected chi connectivity index (χ0v) is 17.5. The van der Waals surface area contributed by atoms with E-state index in [2.05, 4.69) is 5.32 Å². The van der Waals surface area contributed by atoms with Crippen LogP contribution in [0.1, 0.15) is 24.1 Å². The Kier molecular flexibility index (Phi) is 8.36. The third kappa shape index (κ3) is 6.01. The lowest BCUT2D eigenvalue weighted by Gasteiger charge is -2.26. The zero-order chi connectivity index (χ0) is 20.5. The first-order chi connectivity index (χ1) is 13.5. The quantitative estimate of drug-likeness (QED) is 0.683. The van der Waals surface area contributed by atoms with Crippen molar-refractivity contribution in [2.75, 3.05) is 34.4 Å². The summed E-state index contributed by atoms with van der Waals surface area (Å²) in [7, 11) is 5.48. The third-order valence-corrected chi connectivity index (χ3v) is 4.63. The molecule has 28 heavy (non-hydrogen) atoms. The van der Waals surface area contributed by atoms with Gasteiger partial charge >= 0.3 is 0 Å². The number of carbonyl (C=O) groups excluding carboxylic acids is 1. The molecule has 0 bridgehead atoms. The minimum atomic E-state index is -0.210. The standard InChI is InChI=1S/C22H27ClN2O3/c1-5-8-16-11-12-20(21(13-16)27-4)28-15-22(26)24-14-19(25(2)3)17-9-6-7-10-18(17)23/h5-13,19H,14-15H2,1-4H3,(H,24,26)/b8-5+. The fourth-order valence-corrected chi connectivity index (χ4v) is 3.08. The first kappa shape index (κ1) is 21.8. The fraction of sp³-hybridized carbons (Fsp3) is 0.318. The Labute approximate surface area is 171 Å². The van der Waals surface area contributed by atoms with E-state index in [0.717, 1.165) is 11.1 Å². The molecule has 0 fully saturated rings. The number of nitrogens with zero attached hydrogens (tertiary/aromatic N) is 1. The first-order valence-corrected chi connectivity index (χ1v) is 9.45. The molecule has 1 unspecified atom stereocenters. The summed E-state index contributed by atoms with van der Waals surface area (Å²) in [5.74, 6) is 0.908. The number of ether oxygens (including phenoxy) is 2. The number of allylic oxidation sites excluding steroid dienone is 1. The predicted molar refractivity (Wildman–Crippen MR) is 114 cm³/mol. The Morgan fingerprint density at radius 1 is 1.21 bits per heavy atom. The van der Waals surface area contributed by atoms with Crippen LogP contribution in [0.5, 0.6) is 11.5 Å². The zero-order valence-electron chi connectivity index (χ0n) is 16.7. The predicted octanol–water partition coefficient (Wildman–Crippen LogP) is 4.18. The van der Waals surface area contributed by atoms with Gasteiger partial charge in [0.05, 0.1) is 13.2 Å². The molecule has 1 atom stereocenters. The maximum Gasteiger partial charge on any atom is 0.258 e. The van der Waals surface area contributed by atoms with Crippen molar-refractivity contribution in [2.45, 2.75) is 13.0 Å². The van der Waals surface area contributed by atoms with Gasteiger partial charge in [0.1, 0.15) is 0 Å². The van der Waals surface area contributed by atoms with Gasteiger partial charge in [0, 0.05) is 11.6 Å². The second-order valence-corrected chi connectivity index (χ2v) is 6.91. The second kappa shape index (κ2) is 10.7. The van der Waals surface area contributed by atoms with Crippen LogP contribution in [-0.2, 0) is 4.79 Å². The van der Waals surface area contributed by atoms with Crippen molar-refractivity contribution in [2.24, 2.45) is 0 Å². The molecule has 0 radical (unpaired) electrons. The summed E-state index contributed by atoms with van der Waals surface area (Å²) in [5.41, 5.74) is 1.97. The number of methoxy groups -OCH3 is 1. The van der Waals surface area contributed by atoms with Crippen LogP contribution in [-0.4, -0.2) is 45.2 Å². The van der Waals surface area contributed by atoms with Crippen molar-refractivity contribution in [3.63, 3.8) is 0 Å². The maximum atomic E-state index is 12.3. The van der Waals surface area contributed by atoms with Gasteiger partial charge in [-0.25, -0.2) is 0 Å². The molecule has 2 rings (SSSR count). The lowest BCUT2D eigenvalue weighted by atomic mass is 10.1. The van der Waals surface area contributed by atoms with Crippen LogP contribution < -0.4 is 14.8 Å². The first-order valence-electron chi connectivity index (χ1n) is 9.07. The van der Waals surface area contributed by atoms with E-state index in [0.29, 0.717) is 23.1 Å². The SMILES string of the molecule is C/C=C/c1ccc(OCC(=O)NCC(c2ccccc2Cl)N(C)C)c(OC)c1. The van der Waals surface area contributed by atoms with Gasteiger partial charge in [-0.15, -0.1) is 0 Å². The van der Waals surface area contributed by atoms with Gasteiger partial charge in [0.25, 0.3) is 5.91 Å². The molecule has 0 saturated carbocycles. The van der Waals surface area contributed by atoms with Crippen molar-refractivity contribution in [3.8, 4) is 11.5 Å². The third-order valence-electron chi connectivity index (χ3n) is 4.29. The summed E-state index contributed by atoms with van der Waals surface area (Å²) >= 11 is 6.31. The average Bonchev–Trinajstić information content (AvgIpc) is 2.68. The van der Waals surface area contributed by atoms with E-state index in [-0.39, 0.29) is 18.6 Å². The van der Waals surface area contributed by atoms with Crippen molar-refractivity contribution < 1.29 is 14.3 Å². The minimum absolute atomic E-state index is 0.0349. The monoisotopic (exact) mass is 402 g/mol. The van der Waals surface area contributed by atoms with Gasteiger partial charge in [-0.2, -0.15) is 0 Å². The van der Waals surface area contributed by atoms with Crippen molar-refractivity contribution in [3.05, 3.63) is 64.7 Å². The Hall–Kier alpha value is -2.50. The van der Waals surface area contributed by atoms with Crippen molar-refractivity contribution in [1.82, 2.24) is 10.2 Å². The smallest absolute Gasteiger partial charge is 0.258 e. The lowest BCUT2D eigenvalue weighted by molar-refractivity contribution is -0.123. The number of benzene rings is 2. The molecule has 6 heteroatoms. The van der Waals surface area contributed by atoms with E-state index in [1.54, 1.807) is 13.2 Å². The van der Waals surface area contributed by atoms with Gasteiger partial charge in [-0.1, -0.05) is 48.0 Å². The summed E-state index contributed by atoms with van der Waals surface area (Å²) < 4.78 is 11.0. The van der Waals surface area contributed by atoms with Crippen LogP contribution in [0.25, 0.3) is 6.08 Å². The molecule has 0 aromatic heterocycles. The van der Waals surface area contributed by atoms with Crippen molar-refractivity contribution in [1.29, 1.82) is 0 Å². The molecule has 2 aromatic carbocycles. The number of nitrogens with one attached hydrogen (secondary N) is 1. The summed E-state index contributed by atoms with van der Waals surface area (Å²) in [6, 6.07) is 13.2. The molecule has 0 aliphatic rings. The minimum Gasteiger partial charge on any atom is -0.493 e. The molecule has 0 saturated heterocycles. The Balaban J connectivity index is 1.96.